The highest BCUT2D eigenvalue weighted by Crippen LogP contribution is 2.44. The van der Waals surface area contributed by atoms with Gasteiger partial charge in [0.15, 0.2) is 0 Å². The Hall–Kier alpha value is -3.00. The molecule has 2 aromatic carbocycles. The third-order valence-corrected chi connectivity index (χ3v) is 8.47. The van der Waals surface area contributed by atoms with E-state index in [0.717, 1.165) is 19.3 Å². The number of carboxylic acids is 1. The standard InChI is InChI=1S/C27H30N2O5S/c30-25(29-16-35-15-24(29)26(31)32)18-7-5-6-17(12-18)13-28-27(33)34-14-23-21-10-3-1-8-19(21)20-9-2-4-11-22(20)23/h1-4,8-11,17-18,23-24H,5-7,12-16H2,(H,28,33)(H,31,32)/t17?,18?,24-/m0/s1. The number of alkyl carbamates (subject to hydrolysis) is 1. The van der Waals surface area contributed by atoms with Gasteiger partial charge in [0.1, 0.15) is 12.6 Å². The Kier molecular flexibility index (Phi) is 7.00. The van der Waals surface area contributed by atoms with Gasteiger partial charge in [-0.15, -0.1) is 11.8 Å². The van der Waals surface area contributed by atoms with Crippen LogP contribution < -0.4 is 5.32 Å². The van der Waals surface area contributed by atoms with Crippen LogP contribution in [0.5, 0.6) is 0 Å². The van der Waals surface area contributed by atoms with Gasteiger partial charge in [0.05, 0.1) is 5.88 Å². The van der Waals surface area contributed by atoms with E-state index in [1.807, 2.05) is 24.3 Å². The number of amides is 2. The topological polar surface area (TPSA) is 95.9 Å². The van der Waals surface area contributed by atoms with Crippen LogP contribution in [-0.4, -0.2) is 58.8 Å². The molecule has 2 aliphatic carbocycles. The zero-order chi connectivity index (χ0) is 24.4. The van der Waals surface area contributed by atoms with E-state index in [0.29, 0.717) is 24.6 Å². The average molecular weight is 495 g/mol. The zero-order valence-corrected chi connectivity index (χ0v) is 20.3. The predicted molar refractivity (Wildman–Crippen MR) is 134 cm³/mol. The van der Waals surface area contributed by atoms with Gasteiger partial charge in [0, 0.05) is 24.1 Å². The van der Waals surface area contributed by atoms with Crippen molar-refractivity contribution in [2.24, 2.45) is 11.8 Å². The van der Waals surface area contributed by atoms with Gasteiger partial charge in [-0.3, -0.25) is 4.79 Å². The largest absolute Gasteiger partial charge is 0.480 e. The highest BCUT2D eigenvalue weighted by molar-refractivity contribution is 7.99. The number of benzene rings is 2. The smallest absolute Gasteiger partial charge is 0.407 e. The van der Waals surface area contributed by atoms with Gasteiger partial charge in [0.25, 0.3) is 0 Å². The number of aliphatic carboxylic acids is 1. The van der Waals surface area contributed by atoms with Gasteiger partial charge in [-0.25, -0.2) is 9.59 Å². The minimum absolute atomic E-state index is 0.0188. The second-order valence-corrected chi connectivity index (χ2v) is 10.6. The van der Waals surface area contributed by atoms with Gasteiger partial charge in [-0.2, -0.15) is 0 Å². The van der Waals surface area contributed by atoms with E-state index in [1.54, 1.807) is 0 Å². The molecular formula is C27H30N2O5S. The van der Waals surface area contributed by atoms with Gasteiger partial charge >= 0.3 is 12.1 Å². The Balaban J connectivity index is 1.13. The van der Waals surface area contributed by atoms with Crippen molar-refractivity contribution in [2.75, 3.05) is 24.8 Å². The summed E-state index contributed by atoms with van der Waals surface area (Å²) in [5.74, 6) is -0.100. The number of carboxylic acid groups (broad SMARTS) is 1. The van der Waals surface area contributed by atoms with E-state index in [-0.39, 0.29) is 30.3 Å². The van der Waals surface area contributed by atoms with Crippen LogP contribution in [0.15, 0.2) is 48.5 Å². The summed E-state index contributed by atoms with van der Waals surface area (Å²) < 4.78 is 5.63. The van der Waals surface area contributed by atoms with Gasteiger partial charge in [-0.05, 0) is 47.4 Å². The lowest BCUT2D eigenvalue weighted by Gasteiger charge is -2.32. The van der Waals surface area contributed by atoms with E-state index >= 15 is 0 Å². The third kappa shape index (κ3) is 4.89. The molecule has 0 bridgehead atoms. The lowest BCUT2D eigenvalue weighted by Crippen LogP contribution is -2.46. The summed E-state index contributed by atoms with van der Waals surface area (Å²) >= 11 is 1.48. The van der Waals surface area contributed by atoms with Gasteiger partial charge in [-0.1, -0.05) is 55.0 Å². The molecular weight excluding hydrogens is 464 g/mol. The maximum absolute atomic E-state index is 13.0. The van der Waals surface area contributed by atoms with Crippen molar-refractivity contribution in [3.63, 3.8) is 0 Å². The number of ether oxygens (including phenoxy) is 1. The van der Waals surface area contributed by atoms with Crippen molar-refractivity contribution < 1.29 is 24.2 Å². The SMILES string of the molecule is O=C(NCC1CCCC(C(=O)N2CSC[C@H]2C(=O)O)C1)OCC1c2ccccc2-c2ccccc21. The van der Waals surface area contributed by atoms with Crippen LogP contribution in [0.25, 0.3) is 11.1 Å². The molecule has 1 saturated heterocycles. The number of rotatable bonds is 6. The first-order chi connectivity index (χ1) is 17.0. The monoisotopic (exact) mass is 494 g/mol. The number of hydrogen-bond donors (Lipinski definition) is 2. The van der Waals surface area contributed by atoms with Crippen molar-refractivity contribution >= 4 is 29.7 Å². The molecule has 0 spiro atoms. The molecule has 2 N–H and O–H groups in total. The van der Waals surface area contributed by atoms with Gasteiger partial charge < -0.3 is 20.1 Å². The number of thioether (sulfide) groups is 1. The molecule has 2 unspecified atom stereocenters. The van der Waals surface area contributed by atoms with Crippen LogP contribution in [0.3, 0.4) is 0 Å². The Morgan fingerprint density at radius 1 is 1.03 bits per heavy atom. The van der Waals surface area contributed by atoms with Crippen LogP contribution in [-0.2, 0) is 14.3 Å². The van der Waals surface area contributed by atoms with Crippen LogP contribution in [0.4, 0.5) is 4.79 Å². The first-order valence-electron chi connectivity index (χ1n) is 12.2. The highest BCUT2D eigenvalue weighted by Gasteiger charge is 2.39. The van der Waals surface area contributed by atoms with E-state index in [4.69, 9.17) is 4.74 Å². The average Bonchev–Trinajstić information content (AvgIpc) is 3.50. The molecule has 3 atom stereocenters. The van der Waals surface area contributed by atoms with Crippen molar-refractivity contribution in [1.82, 2.24) is 10.2 Å². The Bertz CT molecular complexity index is 1080. The maximum atomic E-state index is 13.0. The molecule has 1 aliphatic heterocycles. The lowest BCUT2D eigenvalue weighted by molar-refractivity contribution is -0.150. The van der Waals surface area contributed by atoms with Gasteiger partial charge in [0.2, 0.25) is 5.91 Å². The molecule has 184 valence electrons. The molecule has 35 heavy (non-hydrogen) atoms. The molecule has 7 nitrogen and oxygen atoms in total. The van der Waals surface area contributed by atoms with Crippen molar-refractivity contribution in [2.45, 2.75) is 37.6 Å². The summed E-state index contributed by atoms with van der Waals surface area (Å²) in [7, 11) is 0. The summed E-state index contributed by atoms with van der Waals surface area (Å²) in [6.45, 7) is 0.729. The molecule has 2 amide bonds. The molecule has 0 radical (unpaired) electrons. The summed E-state index contributed by atoms with van der Waals surface area (Å²) in [6, 6.07) is 15.7. The fourth-order valence-electron chi connectivity index (χ4n) is 5.68. The number of nitrogens with zero attached hydrogens (tertiary/aromatic N) is 1. The Morgan fingerprint density at radius 3 is 2.40 bits per heavy atom. The van der Waals surface area contributed by atoms with Crippen LogP contribution >= 0.6 is 11.8 Å². The van der Waals surface area contributed by atoms with Crippen molar-refractivity contribution in [3.05, 3.63) is 59.7 Å². The van der Waals surface area contributed by atoms with E-state index in [1.165, 1.54) is 38.9 Å². The van der Waals surface area contributed by atoms with Crippen molar-refractivity contribution in [3.8, 4) is 11.1 Å². The van der Waals surface area contributed by atoms with E-state index < -0.39 is 18.1 Å². The van der Waals surface area contributed by atoms with E-state index in [2.05, 4.69) is 29.6 Å². The zero-order valence-electron chi connectivity index (χ0n) is 19.5. The predicted octanol–water partition coefficient (Wildman–Crippen LogP) is 4.32. The summed E-state index contributed by atoms with van der Waals surface area (Å²) in [5, 5.41) is 12.3. The number of carbonyl (C=O) groups is 3. The quantitative estimate of drug-likeness (QED) is 0.621. The summed E-state index contributed by atoms with van der Waals surface area (Å²) in [4.78, 5) is 38.5. The Labute approximate surface area is 209 Å². The van der Waals surface area contributed by atoms with E-state index in [9.17, 15) is 19.5 Å². The number of nitrogens with one attached hydrogen (secondary N) is 1. The third-order valence-electron chi connectivity index (χ3n) is 7.46. The summed E-state index contributed by atoms with van der Waals surface area (Å²) in [6.07, 6.45) is 2.82. The summed E-state index contributed by atoms with van der Waals surface area (Å²) in [5.41, 5.74) is 4.73. The van der Waals surface area contributed by atoms with Crippen LogP contribution in [0.2, 0.25) is 0 Å². The van der Waals surface area contributed by atoms with Crippen molar-refractivity contribution in [1.29, 1.82) is 0 Å². The maximum Gasteiger partial charge on any atom is 0.407 e. The van der Waals surface area contributed by atoms with Crippen LogP contribution in [0.1, 0.15) is 42.7 Å². The molecule has 5 rings (SSSR count). The second kappa shape index (κ2) is 10.3. The number of carbonyl (C=O) groups excluding carboxylic acids is 2. The minimum Gasteiger partial charge on any atom is -0.480 e. The molecule has 8 heteroatoms. The first-order valence-corrected chi connectivity index (χ1v) is 13.4. The molecule has 0 aromatic heterocycles. The van der Waals surface area contributed by atoms with Crippen LogP contribution in [0, 0.1) is 11.8 Å². The fourth-order valence-corrected chi connectivity index (χ4v) is 6.83. The normalized spacial score (nSPS) is 23.4. The fraction of sp³-hybridized carbons (Fsp3) is 0.444. The molecule has 2 aromatic rings. The Morgan fingerprint density at radius 2 is 1.71 bits per heavy atom. The molecule has 2 fully saturated rings. The highest BCUT2D eigenvalue weighted by atomic mass is 32.2. The number of hydrogen-bond acceptors (Lipinski definition) is 5. The minimum atomic E-state index is -0.937. The lowest BCUT2D eigenvalue weighted by atomic mass is 9.80. The first kappa shape index (κ1) is 23.7. The number of fused-ring (bicyclic) bond motifs is 3. The molecule has 1 saturated carbocycles. The molecule has 1 heterocycles. The second-order valence-electron chi connectivity index (χ2n) is 9.60. The molecule has 3 aliphatic rings.